The number of nitrogens with zero attached hydrogens (tertiary/aromatic N) is 1. The van der Waals surface area contributed by atoms with Gasteiger partial charge in [0.2, 0.25) is 0 Å². The van der Waals surface area contributed by atoms with Gasteiger partial charge >= 0.3 is 14.2 Å². The fourth-order valence-electron chi connectivity index (χ4n) is 3.07. The number of rotatable bonds is 16. The van der Waals surface area contributed by atoms with E-state index >= 15 is 0 Å². The Morgan fingerprint density at radius 2 is 1.41 bits per heavy atom. The van der Waals surface area contributed by atoms with Crippen LogP contribution in [0.4, 0.5) is 5.69 Å². The Morgan fingerprint density at radius 3 is 1.96 bits per heavy atom. The maximum absolute atomic E-state index is 11.1. The van der Waals surface area contributed by atoms with Crippen LogP contribution in [0.25, 0.3) is 0 Å². The SMILES string of the molecule is CCCCCCCCCCCCCO[Si](C)(C)Oc1ccccc1[N+](=O)[O-]. The summed E-state index contributed by atoms with van der Waals surface area (Å²) in [5.41, 5.74) is -0.00336. The Labute approximate surface area is 165 Å². The maximum atomic E-state index is 11.1. The summed E-state index contributed by atoms with van der Waals surface area (Å²) in [6.07, 6.45) is 14.3. The second-order valence-corrected chi connectivity index (χ2v) is 10.9. The van der Waals surface area contributed by atoms with Gasteiger partial charge in [0.1, 0.15) is 0 Å². The summed E-state index contributed by atoms with van der Waals surface area (Å²) < 4.78 is 11.8. The molecule has 27 heavy (non-hydrogen) atoms. The maximum Gasteiger partial charge on any atom is 0.392 e. The molecule has 0 saturated carbocycles. The number of nitro groups is 1. The molecule has 0 spiro atoms. The van der Waals surface area contributed by atoms with Crippen LogP contribution in [-0.4, -0.2) is 20.1 Å². The molecule has 0 fully saturated rings. The van der Waals surface area contributed by atoms with Gasteiger partial charge < -0.3 is 8.85 Å². The van der Waals surface area contributed by atoms with E-state index in [2.05, 4.69) is 6.92 Å². The molecule has 0 heterocycles. The molecule has 1 aromatic rings. The highest BCUT2D eigenvalue weighted by Crippen LogP contribution is 2.28. The second kappa shape index (κ2) is 13.7. The van der Waals surface area contributed by atoms with Crippen molar-refractivity contribution in [2.75, 3.05) is 6.61 Å². The Hall–Kier alpha value is -1.40. The Kier molecular flexibility index (Phi) is 12.0. The zero-order valence-electron chi connectivity index (χ0n) is 17.4. The Bertz CT molecular complexity index is 537. The van der Waals surface area contributed by atoms with Gasteiger partial charge in [0, 0.05) is 12.7 Å². The van der Waals surface area contributed by atoms with Crippen LogP contribution in [-0.2, 0) is 4.43 Å². The molecule has 0 N–H and O–H groups in total. The summed E-state index contributed by atoms with van der Waals surface area (Å²) >= 11 is 0. The number of unbranched alkanes of at least 4 members (excludes halogenated alkanes) is 10. The summed E-state index contributed by atoms with van der Waals surface area (Å²) in [6.45, 7) is 6.78. The first kappa shape index (κ1) is 23.6. The molecule has 0 aliphatic heterocycles. The summed E-state index contributed by atoms with van der Waals surface area (Å²) in [6, 6.07) is 6.49. The molecule has 1 rings (SSSR count). The third-order valence-corrected chi connectivity index (χ3v) is 6.23. The van der Waals surface area contributed by atoms with Gasteiger partial charge in [-0.1, -0.05) is 83.3 Å². The molecule has 1 aromatic carbocycles. The van der Waals surface area contributed by atoms with Crippen LogP contribution in [0.2, 0.25) is 13.1 Å². The predicted octanol–water partition coefficient (Wildman–Crippen LogP) is 7.00. The first-order chi connectivity index (χ1) is 13.0. The highest BCUT2D eigenvalue weighted by molar-refractivity contribution is 6.65. The predicted molar refractivity (Wildman–Crippen MR) is 114 cm³/mol. The molecule has 0 amide bonds. The molecule has 5 nitrogen and oxygen atoms in total. The smallest absolute Gasteiger partial charge is 0.392 e. The largest absolute Gasteiger partial charge is 0.515 e. The quantitative estimate of drug-likeness (QED) is 0.131. The van der Waals surface area contributed by atoms with E-state index in [4.69, 9.17) is 8.85 Å². The van der Waals surface area contributed by atoms with Crippen molar-refractivity contribution >= 4 is 14.2 Å². The first-order valence-electron chi connectivity index (χ1n) is 10.5. The lowest BCUT2D eigenvalue weighted by atomic mass is 10.1. The fourth-order valence-corrected chi connectivity index (χ4v) is 4.47. The van der Waals surface area contributed by atoms with Crippen LogP contribution < -0.4 is 4.43 Å². The Balaban J connectivity index is 2.11. The molecule has 0 aromatic heterocycles. The van der Waals surface area contributed by atoms with Crippen LogP contribution in [0.1, 0.15) is 77.6 Å². The van der Waals surface area contributed by atoms with Crippen LogP contribution >= 0.6 is 0 Å². The summed E-state index contributed by atoms with van der Waals surface area (Å²) in [5, 5.41) is 11.1. The van der Waals surface area contributed by atoms with E-state index < -0.39 is 13.5 Å². The number of para-hydroxylation sites is 2. The van der Waals surface area contributed by atoms with E-state index in [1.165, 1.54) is 70.3 Å². The Morgan fingerprint density at radius 1 is 0.889 bits per heavy atom. The van der Waals surface area contributed by atoms with Gasteiger partial charge in [-0.25, -0.2) is 0 Å². The van der Waals surface area contributed by atoms with E-state index in [1.807, 2.05) is 13.1 Å². The van der Waals surface area contributed by atoms with Crippen molar-refractivity contribution in [3.63, 3.8) is 0 Å². The first-order valence-corrected chi connectivity index (χ1v) is 13.3. The summed E-state index contributed by atoms with van der Waals surface area (Å²) in [7, 11) is -2.42. The number of hydrogen-bond acceptors (Lipinski definition) is 4. The standard InChI is InChI=1S/C21H37NO4Si/c1-4-5-6-7-8-9-10-11-12-13-16-19-25-27(2,3)26-21-18-15-14-17-20(21)22(23)24/h14-15,17-18H,4-13,16,19H2,1-3H3. The molecule has 0 aliphatic rings. The molecular weight excluding hydrogens is 358 g/mol. The molecule has 0 unspecified atom stereocenters. The van der Waals surface area contributed by atoms with Gasteiger partial charge in [-0.05, 0) is 25.6 Å². The van der Waals surface area contributed by atoms with E-state index in [-0.39, 0.29) is 5.69 Å². The minimum Gasteiger partial charge on any atom is -0.515 e. The summed E-state index contributed by atoms with van der Waals surface area (Å²) in [4.78, 5) is 10.7. The fraction of sp³-hybridized carbons (Fsp3) is 0.714. The van der Waals surface area contributed by atoms with Crippen LogP contribution in [0.5, 0.6) is 5.75 Å². The molecule has 0 atom stereocenters. The molecule has 0 radical (unpaired) electrons. The van der Waals surface area contributed by atoms with Crippen LogP contribution in [0.15, 0.2) is 24.3 Å². The zero-order valence-corrected chi connectivity index (χ0v) is 18.4. The minimum atomic E-state index is -2.42. The van der Waals surface area contributed by atoms with Crippen LogP contribution in [0, 0.1) is 10.1 Å². The number of hydrogen-bond donors (Lipinski definition) is 0. The lowest BCUT2D eigenvalue weighted by Crippen LogP contribution is -2.38. The molecule has 6 heteroatoms. The van der Waals surface area contributed by atoms with Gasteiger partial charge in [0.25, 0.3) is 0 Å². The van der Waals surface area contributed by atoms with Gasteiger partial charge in [-0.2, -0.15) is 0 Å². The molecule has 154 valence electrons. The average molecular weight is 396 g/mol. The lowest BCUT2D eigenvalue weighted by Gasteiger charge is -2.23. The van der Waals surface area contributed by atoms with Crippen molar-refractivity contribution in [1.29, 1.82) is 0 Å². The van der Waals surface area contributed by atoms with Crippen molar-refractivity contribution in [3.8, 4) is 5.75 Å². The van der Waals surface area contributed by atoms with Gasteiger partial charge in [-0.3, -0.25) is 10.1 Å². The van der Waals surface area contributed by atoms with Crippen molar-refractivity contribution in [3.05, 3.63) is 34.4 Å². The molecular formula is C21H37NO4Si. The van der Waals surface area contributed by atoms with Crippen molar-refractivity contribution < 1.29 is 13.8 Å². The van der Waals surface area contributed by atoms with E-state index in [0.717, 1.165) is 6.42 Å². The van der Waals surface area contributed by atoms with E-state index in [0.29, 0.717) is 12.4 Å². The molecule has 0 aliphatic carbocycles. The lowest BCUT2D eigenvalue weighted by molar-refractivity contribution is -0.385. The highest BCUT2D eigenvalue weighted by atomic mass is 28.4. The van der Waals surface area contributed by atoms with Crippen LogP contribution in [0.3, 0.4) is 0 Å². The molecule has 0 bridgehead atoms. The number of benzene rings is 1. The normalized spacial score (nSPS) is 11.5. The molecule has 0 saturated heterocycles. The van der Waals surface area contributed by atoms with Gasteiger partial charge in [-0.15, -0.1) is 0 Å². The minimum absolute atomic E-state index is 0.00336. The number of nitro benzene ring substituents is 1. The third-order valence-electron chi connectivity index (χ3n) is 4.62. The van der Waals surface area contributed by atoms with Gasteiger partial charge in [0.15, 0.2) is 5.75 Å². The highest BCUT2D eigenvalue weighted by Gasteiger charge is 2.29. The second-order valence-electron chi connectivity index (χ2n) is 7.61. The van der Waals surface area contributed by atoms with Gasteiger partial charge in [0.05, 0.1) is 4.92 Å². The zero-order chi connectivity index (χ0) is 20.0. The summed E-state index contributed by atoms with van der Waals surface area (Å²) in [5.74, 6) is 0.304. The monoisotopic (exact) mass is 395 g/mol. The topological polar surface area (TPSA) is 61.6 Å². The van der Waals surface area contributed by atoms with E-state index in [9.17, 15) is 10.1 Å². The van der Waals surface area contributed by atoms with E-state index in [1.54, 1.807) is 18.2 Å². The third kappa shape index (κ3) is 11.1. The van der Waals surface area contributed by atoms with Crippen molar-refractivity contribution in [2.24, 2.45) is 0 Å². The average Bonchev–Trinajstić information content (AvgIpc) is 2.62. The van der Waals surface area contributed by atoms with Crippen molar-refractivity contribution in [2.45, 2.75) is 90.6 Å². The van der Waals surface area contributed by atoms with Crippen molar-refractivity contribution in [1.82, 2.24) is 0 Å².